The summed E-state index contributed by atoms with van der Waals surface area (Å²) in [5.41, 5.74) is 0.562. The van der Waals surface area contributed by atoms with Crippen molar-refractivity contribution in [3.05, 3.63) is 24.3 Å². The van der Waals surface area contributed by atoms with E-state index >= 15 is 0 Å². The van der Waals surface area contributed by atoms with Gasteiger partial charge in [0.25, 0.3) is 0 Å². The summed E-state index contributed by atoms with van der Waals surface area (Å²) in [4.78, 5) is 26.3. The van der Waals surface area contributed by atoms with E-state index in [2.05, 4.69) is 28.8 Å². The van der Waals surface area contributed by atoms with Crippen molar-refractivity contribution in [3.8, 4) is 0 Å². The molecule has 1 aliphatic heterocycles. The highest BCUT2D eigenvalue weighted by molar-refractivity contribution is 7.89. The summed E-state index contributed by atoms with van der Waals surface area (Å²) in [6, 6.07) is 6.14. The van der Waals surface area contributed by atoms with Crippen molar-refractivity contribution in [3.63, 3.8) is 0 Å². The fraction of sp³-hybridized carbons (Fsp3) is 0.652. The molecular formula is C23H35N3O4S. The van der Waals surface area contributed by atoms with E-state index in [1.807, 2.05) is 0 Å². The van der Waals surface area contributed by atoms with Gasteiger partial charge in [-0.15, -0.1) is 0 Å². The maximum Gasteiger partial charge on any atom is 0.240 e. The lowest BCUT2D eigenvalue weighted by atomic mass is 9.80. The minimum absolute atomic E-state index is 0.0756. The molecule has 31 heavy (non-hydrogen) atoms. The van der Waals surface area contributed by atoms with Crippen LogP contribution >= 0.6 is 0 Å². The Balaban J connectivity index is 1.47. The molecular weight excluding hydrogens is 414 g/mol. The van der Waals surface area contributed by atoms with Crippen LogP contribution in [0.25, 0.3) is 0 Å². The molecule has 0 aromatic heterocycles. The van der Waals surface area contributed by atoms with Crippen molar-refractivity contribution in [2.24, 2.45) is 23.7 Å². The van der Waals surface area contributed by atoms with Crippen LogP contribution in [-0.2, 0) is 19.6 Å². The standard InChI is InChI=1S/C23H35N3O4S/c1-16-12-17(2)15-26(14-16)23(28)20-6-4-19(5-7-20)13-24-31(29,30)22-10-8-21(9-11-22)25-18(3)27/h8-11,16-17,19-20,24H,4-7,12-15H2,1-3H3,(H,25,27)/t16-,17-,19?,20?/m1/s1. The molecule has 1 aliphatic carbocycles. The molecule has 2 aliphatic rings. The molecule has 1 saturated heterocycles. The minimum Gasteiger partial charge on any atom is -0.342 e. The average molecular weight is 450 g/mol. The van der Waals surface area contributed by atoms with Gasteiger partial charge in [0, 0.05) is 38.2 Å². The number of amides is 2. The predicted octanol–water partition coefficient (Wildman–Crippen LogP) is 3.23. The molecule has 0 spiro atoms. The summed E-state index contributed by atoms with van der Waals surface area (Å²) in [5, 5.41) is 2.62. The maximum absolute atomic E-state index is 12.9. The third-order valence-corrected chi connectivity index (χ3v) is 7.86. The van der Waals surface area contributed by atoms with E-state index in [0.717, 1.165) is 38.8 Å². The Morgan fingerprint density at radius 2 is 1.58 bits per heavy atom. The molecule has 1 heterocycles. The van der Waals surface area contributed by atoms with Gasteiger partial charge in [-0.1, -0.05) is 13.8 Å². The number of benzene rings is 1. The van der Waals surface area contributed by atoms with Crippen molar-refractivity contribution >= 4 is 27.5 Å². The molecule has 2 N–H and O–H groups in total. The van der Waals surface area contributed by atoms with Gasteiger partial charge in [-0.25, -0.2) is 13.1 Å². The molecule has 8 heteroatoms. The predicted molar refractivity (Wildman–Crippen MR) is 121 cm³/mol. The Kier molecular flexibility index (Phi) is 7.75. The van der Waals surface area contributed by atoms with Crippen LogP contribution in [-0.4, -0.2) is 44.8 Å². The number of carbonyl (C=O) groups excluding carboxylic acids is 2. The second kappa shape index (κ2) is 10.1. The van der Waals surface area contributed by atoms with Gasteiger partial charge >= 0.3 is 0 Å². The monoisotopic (exact) mass is 449 g/mol. The quantitative estimate of drug-likeness (QED) is 0.697. The van der Waals surface area contributed by atoms with Gasteiger partial charge in [0.2, 0.25) is 21.8 Å². The van der Waals surface area contributed by atoms with Crippen LogP contribution in [0.3, 0.4) is 0 Å². The summed E-state index contributed by atoms with van der Waals surface area (Å²) in [6.45, 7) is 7.95. The number of anilines is 1. The summed E-state index contributed by atoms with van der Waals surface area (Å²) in [7, 11) is -3.60. The van der Waals surface area contributed by atoms with Gasteiger partial charge < -0.3 is 10.2 Å². The largest absolute Gasteiger partial charge is 0.342 e. The lowest BCUT2D eigenvalue weighted by Crippen LogP contribution is -2.46. The molecule has 172 valence electrons. The number of likely N-dealkylation sites (tertiary alicyclic amines) is 1. The minimum atomic E-state index is -3.60. The number of nitrogens with one attached hydrogen (secondary N) is 2. The van der Waals surface area contributed by atoms with Crippen molar-refractivity contribution in [2.75, 3.05) is 25.0 Å². The van der Waals surface area contributed by atoms with Crippen LogP contribution in [0.15, 0.2) is 29.2 Å². The molecule has 2 atom stereocenters. The molecule has 0 bridgehead atoms. The number of sulfonamides is 1. The highest BCUT2D eigenvalue weighted by Crippen LogP contribution is 2.32. The Morgan fingerprint density at radius 3 is 2.13 bits per heavy atom. The van der Waals surface area contributed by atoms with Crippen LogP contribution in [0.5, 0.6) is 0 Å². The number of hydrogen-bond acceptors (Lipinski definition) is 4. The van der Waals surface area contributed by atoms with Crippen LogP contribution in [0.1, 0.15) is 52.9 Å². The SMILES string of the molecule is CC(=O)Nc1ccc(S(=O)(=O)NCC2CCC(C(=O)N3C[C@H](C)C[C@@H](C)C3)CC2)cc1. The molecule has 7 nitrogen and oxygen atoms in total. The van der Waals surface area contributed by atoms with Crippen LogP contribution in [0.2, 0.25) is 0 Å². The van der Waals surface area contributed by atoms with E-state index < -0.39 is 10.0 Å². The lowest BCUT2D eigenvalue weighted by Gasteiger charge is -2.38. The number of hydrogen-bond donors (Lipinski definition) is 2. The molecule has 1 aromatic carbocycles. The number of rotatable bonds is 6. The van der Waals surface area contributed by atoms with E-state index in [9.17, 15) is 18.0 Å². The van der Waals surface area contributed by atoms with Crippen LogP contribution in [0.4, 0.5) is 5.69 Å². The summed E-state index contributed by atoms with van der Waals surface area (Å²) >= 11 is 0. The summed E-state index contributed by atoms with van der Waals surface area (Å²) in [5.74, 6) is 1.53. The van der Waals surface area contributed by atoms with E-state index in [1.165, 1.54) is 25.5 Å². The number of piperidine rings is 1. The molecule has 2 fully saturated rings. The molecule has 1 saturated carbocycles. The molecule has 3 rings (SSSR count). The Hall–Kier alpha value is -1.93. The summed E-state index contributed by atoms with van der Waals surface area (Å²) in [6.07, 6.45) is 4.57. The zero-order valence-corrected chi connectivity index (χ0v) is 19.6. The third-order valence-electron chi connectivity index (χ3n) is 6.42. The maximum atomic E-state index is 12.9. The average Bonchev–Trinajstić information content (AvgIpc) is 2.71. The molecule has 2 amide bonds. The Labute approximate surface area is 186 Å². The van der Waals surface area contributed by atoms with Gasteiger partial charge in [0.1, 0.15) is 0 Å². The normalized spacial score (nSPS) is 27.0. The first-order valence-electron chi connectivity index (χ1n) is 11.3. The molecule has 0 radical (unpaired) electrons. The lowest BCUT2D eigenvalue weighted by molar-refractivity contribution is -0.139. The van der Waals surface area contributed by atoms with Crippen molar-refractivity contribution in [2.45, 2.75) is 57.8 Å². The first-order valence-corrected chi connectivity index (χ1v) is 12.8. The molecule has 1 aromatic rings. The number of carbonyl (C=O) groups is 2. The zero-order valence-electron chi connectivity index (χ0n) is 18.8. The van der Waals surface area contributed by atoms with Crippen LogP contribution < -0.4 is 10.0 Å². The fourth-order valence-electron chi connectivity index (χ4n) is 4.95. The first-order chi connectivity index (χ1) is 14.6. The molecule has 0 unspecified atom stereocenters. The van der Waals surface area contributed by atoms with Gasteiger partial charge in [-0.05, 0) is 74.1 Å². The smallest absolute Gasteiger partial charge is 0.240 e. The second-order valence-electron chi connectivity index (χ2n) is 9.46. The number of nitrogens with zero attached hydrogens (tertiary/aromatic N) is 1. The van der Waals surface area contributed by atoms with E-state index in [0.29, 0.717) is 24.1 Å². The second-order valence-corrected chi connectivity index (χ2v) is 11.2. The third kappa shape index (κ3) is 6.53. The van der Waals surface area contributed by atoms with Gasteiger partial charge in [-0.3, -0.25) is 9.59 Å². The van der Waals surface area contributed by atoms with Crippen molar-refractivity contribution in [1.82, 2.24) is 9.62 Å². The Bertz CT molecular complexity index is 867. The highest BCUT2D eigenvalue weighted by atomic mass is 32.2. The van der Waals surface area contributed by atoms with Crippen molar-refractivity contribution in [1.29, 1.82) is 0 Å². The van der Waals surface area contributed by atoms with Crippen molar-refractivity contribution < 1.29 is 18.0 Å². The van der Waals surface area contributed by atoms with Gasteiger partial charge in [-0.2, -0.15) is 0 Å². The fourth-order valence-corrected chi connectivity index (χ4v) is 6.06. The highest BCUT2D eigenvalue weighted by Gasteiger charge is 2.33. The van der Waals surface area contributed by atoms with E-state index in [4.69, 9.17) is 0 Å². The first kappa shape index (κ1) is 23.7. The van der Waals surface area contributed by atoms with Gasteiger partial charge in [0.05, 0.1) is 4.90 Å². The van der Waals surface area contributed by atoms with Gasteiger partial charge in [0.15, 0.2) is 0 Å². The Morgan fingerprint density at radius 1 is 1.00 bits per heavy atom. The zero-order chi connectivity index (χ0) is 22.6. The van der Waals surface area contributed by atoms with E-state index in [-0.39, 0.29) is 28.5 Å². The topological polar surface area (TPSA) is 95.6 Å². The summed E-state index contributed by atoms with van der Waals surface area (Å²) < 4.78 is 27.9. The van der Waals surface area contributed by atoms with E-state index in [1.54, 1.807) is 12.1 Å². The van der Waals surface area contributed by atoms with Crippen LogP contribution in [0, 0.1) is 23.7 Å².